The van der Waals surface area contributed by atoms with Crippen LogP contribution in [0.1, 0.15) is 78.6 Å². The Balaban J connectivity index is 1.61. The molecule has 4 aliphatic carbocycles. The molecule has 0 bridgehead atoms. The molecule has 2 unspecified atom stereocenters. The number of hydrogen-bond acceptors (Lipinski definition) is 2. The summed E-state index contributed by atoms with van der Waals surface area (Å²) >= 11 is 0. The van der Waals surface area contributed by atoms with Gasteiger partial charge in [0.05, 0.1) is 6.10 Å². The molecule has 0 spiro atoms. The SMILES string of the molecule is CC(=O)C1CC[C@@H]2[C@H]3CC[C@@H]4CC(O)CC[C@]4(C)[C@H]3CC[C@]12C. The highest BCUT2D eigenvalue weighted by molar-refractivity contribution is 5.79. The van der Waals surface area contributed by atoms with Crippen molar-refractivity contribution in [3.8, 4) is 0 Å². The van der Waals surface area contributed by atoms with E-state index in [-0.39, 0.29) is 11.5 Å². The summed E-state index contributed by atoms with van der Waals surface area (Å²) in [6.07, 6.45) is 10.9. The molecular weight excluding hydrogens is 284 g/mol. The lowest BCUT2D eigenvalue weighted by Gasteiger charge is -2.60. The third kappa shape index (κ3) is 2.19. The minimum atomic E-state index is -0.0490. The van der Waals surface area contributed by atoms with Gasteiger partial charge in [0.15, 0.2) is 0 Å². The van der Waals surface area contributed by atoms with E-state index < -0.39 is 0 Å². The van der Waals surface area contributed by atoms with Crippen LogP contribution in [0.15, 0.2) is 0 Å². The Morgan fingerprint density at radius 2 is 1.61 bits per heavy atom. The molecule has 4 saturated carbocycles. The monoisotopic (exact) mass is 318 g/mol. The first-order valence-electron chi connectivity index (χ1n) is 10.0. The van der Waals surface area contributed by atoms with Gasteiger partial charge >= 0.3 is 0 Å². The van der Waals surface area contributed by atoms with Crippen LogP contribution in [0.5, 0.6) is 0 Å². The number of aliphatic hydroxyl groups is 1. The second-order valence-corrected chi connectivity index (χ2v) is 9.87. The molecule has 0 aromatic carbocycles. The fourth-order valence-electron chi connectivity index (χ4n) is 7.90. The van der Waals surface area contributed by atoms with Crippen LogP contribution >= 0.6 is 0 Å². The van der Waals surface area contributed by atoms with Crippen molar-refractivity contribution in [3.63, 3.8) is 0 Å². The number of carbonyl (C=O) groups is 1. The van der Waals surface area contributed by atoms with Crippen molar-refractivity contribution < 1.29 is 9.90 Å². The average molecular weight is 319 g/mol. The molecule has 0 heterocycles. The van der Waals surface area contributed by atoms with Gasteiger partial charge in [-0.2, -0.15) is 0 Å². The summed E-state index contributed by atoms with van der Waals surface area (Å²) in [6.45, 7) is 6.80. The van der Waals surface area contributed by atoms with E-state index in [4.69, 9.17) is 0 Å². The van der Waals surface area contributed by atoms with Crippen LogP contribution in [0.25, 0.3) is 0 Å². The van der Waals surface area contributed by atoms with Gasteiger partial charge < -0.3 is 5.11 Å². The number of aliphatic hydroxyl groups excluding tert-OH is 1. The number of ketones is 1. The average Bonchev–Trinajstić information content (AvgIpc) is 2.85. The summed E-state index contributed by atoms with van der Waals surface area (Å²) in [7, 11) is 0. The van der Waals surface area contributed by atoms with Crippen LogP contribution in [-0.4, -0.2) is 17.0 Å². The van der Waals surface area contributed by atoms with Crippen molar-refractivity contribution in [2.24, 2.45) is 40.4 Å². The highest BCUT2D eigenvalue weighted by Crippen LogP contribution is 2.67. The summed E-state index contributed by atoms with van der Waals surface area (Å²) in [6, 6.07) is 0. The van der Waals surface area contributed by atoms with Crippen molar-refractivity contribution in [2.75, 3.05) is 0 Å². The summed E-state index contributed by atoms with van der Waals surface area (Å²) in [5, 5.41) is 10.1. The highest BCUT2D eigenvalue weighted by Gasteiger charge is 2.60. The van der Waals surface area contributed by atoms with Crippen LogP contribution < -0.4 is 0 Å². The van der Waals surface area contributed by atoms with Crippen molar-refractivity contribution in [1.82, 2.24) is 0 Å². The van der Waals surface area contributed by atoms with E-state index in [2.05, 4.69) is 13.8 Å². The Hall–Kier alpha value is -0.370. The second kappa shape index (κ2) is 5.31. The molecule has 0 aromatic rings. The number of hydrogen-bond donors (Lipinski definition) is 1. The zero-order valence-corrected chi connectivity index (χ0v) is 15.2. The van der Waals surface area contributed by atoms with Gasteiger partial charge in [0.2, 0.25) is 0 Å². The topological polar surface area (TPSA) is 37.3 Å². The molecule has 1 N–H and O–H groups in total. The third-order valence-corrected chi connectivity index (χ3v) is 9.13. The smallest absolute Gasteiger partial charge is 0.133 e. The molecule has 0 aliphatic heterocycles. The molecule has 8 atom stereocenters. The molecule has 0 aromatic heterocycles. The van der Waals surface area contributed by atoms with Crippen molar-refractivity contribution >= 4 is 5.78 Å². The molecule has 0 radical (unpaired) electrons. The van der Waals surface area contributed by atoms with E-state index in [1.54, 1.807) is 0 Å². The van der Waals surface area contributed by atoms with Crippen molar-refractivity contribution in [3.05, 3.63) is 0 Å². The third-order valence-electron chi connectivity index (χ3n) is 9.13. The number of Topliss-reactive ketones (excluding diaryl/α,β-unsaturated/α-hetero) is 1. The van der Waals surface area contributed by atoms with Gasteiger partial charge in [-0.3, -0.25) is 4.79 Å². The van der Waals surface area contributed by atoms with E-state index in [0.717, 1.165) is 42.9 Å². The Bertz CT molecular complexity index is 500. The van der Waals surface area contributed by atoms with Crippen molar-refractivity contribution in [2.45, 2.75) is 84.7 Å². The fraction of sp³-hybridized carbons (Fsp3) is 0.952. The van der Waals surface area contributed by atoms with E-state index in [1.807, 2.05) is 6.92 Å². The summed E-state index contributed by atoms with van der Waals surface area (Å²) in [5.41, 5.74) is 0.738. The Morgan fingerprint density at radius 3 is 2.35 bits per heavy atom. The van der Waals surface area contributed by atoms with Gasteiger partial charge in [0.1, 0.15) is 5.78 Å². The maximum Gasteiger partial charge on any atom is 0.133 e. The van der Waals surface area contributed by atoms with E-state index >= 15 is 0 Å². The molecule has 4 fully saturated rings. The normalized spacial score (nSPS) is 55.7. The summed E-state index contributed by atoms with van der Waals surface area (Å²) < 4.78 is 0. The largest absolute Gasteiger partial charge is 0.393 e. The number of carbonyl (C=O) groups excluding carboxylic acids is 1. The van der Waals surface area contributed by atoms with Gasteiger partial charge in [-0.25, -0.2) is 0 Å². The van der Waals surface area contributed by atoms with Gasteiger partial charge in [-0.05, 0) is 99.2 Å². The zero-order valence-electron chi connectivity index (χ0n) is 15.2. The van der Waals surface area contributed by atoms with Gasteiger partial charge in [-0.15, -0.1) is 0 Å². The quantitative estimate of drug-likeness (QED) is 0.767. The minimum absolute atomic E-state index is 0.0490. The van der Waals surface area contributed by atoms with E-state index in [1.165, 1.54) is 38.5 Å². The first-order chi connectivity index (χ1) is 10.9. The second-order valence-electron chi connectivity index (χ2n) is 9.87. The maximum atomic E-state index is 12.2. The lowest BCUT2D eigenvalue weighted by atomic mass is 9.44. The van der Waals surface area contributed by atoms with Crippen LogP contribution in [0.2, 0.25) is 0 Å². The molecule has 4 aliphatic rings. The van der Waals surface area contributed by atoms with E-state index in [9.17, 15) is 9.90 Å². The van der Waals surface area contributed by atoms with Crippen molar-refractivity contribution in [1.29, 1.82) is 0 Å². The molecule has 2 nitrogen and oxygen atoms in total. The fourth-order valence-corrected chi connectivity index (χ4v) is 7.90. The zero-order chi connectivity index (χ0) is 16.4. The Morgan fingerprint density at radius 1 is 0.913 bits per heavy atom. The molecule has 23 heavy (non-hydrogen) atoms. The van der Waals surface area contributed by atoms with Crippen LogP contribution in [-0.2, 0) is 4.79 Å². The first-order valence-corrected chi connectivity index (χ1v) is 10.0. The Kier molecular flexibility index (Phi) is 3.72. The molecule has 130 valence electrons. The van der Waals surface area contributed by atoms with Gasteiger partial charge in [0.25, 0.3) is 0 Å². The van der Waals surface area contributed by atoms with Gasteiger partial charge in [0, 0.05) is 5.92 Å². The first kappa shape index (κ1) is 16.1. The molecule has 4 rings (SSSR count). The van der Waals surface area contributed by atoms with Crippen LogP contribution in [0, 0.1) is 40.4 Å². The molecule has 2 heteroatoms. The molecule has 0 amide bonds. The lowest BCUT2D eigenvalue weighted by Crippen LogP contribution is -2.54. The number of fused-ring (bicyclic) bond motifs is 5. The predicted molar refractivity (Wildman–Crippen MR) is 91.9 cm³/mol. The molecule has 0 saturated heterocycles. The predicted octanol–water partition coefficient (Wildman–Crippen LogP) is 4.60. The lowest BCUT2D eigenvalue weighted by molar-refractivity contribution is -0.138. The van der Waals surface area contributed by atoms with E-state index in [0.29, 0.717) is 17.1 Å². The maximum absolute atomic E-state index is 12.2. The Labute approximate surface area is 141 Å². The highest BCUT2D eigenvalue weighted by atomic mass is 16.3. The number of rotatable bonds is 1. The van der Waals surface area contributed by atoms with Crippen LogP contribution in [0.4, 0.5) is 0 Å². The summed E-state index contributed by atoms with van der Waals surface area (Å²) in [5.74, 6) is 3.97. The van der Waals surface area contributed by atoms with Crippen LogP contribution in [0.3, 0.4) is 0 Å². The standard InChI is InChI=1S/C21H34O2/c1-13(22)17-6-7-18-16-5-4-14-12-15(23)8-10-20(14,2)19(16)9-11-21(17,18)3/h14-19,23H,4-12H2,1-3H3/t14-,15?,16-,17?,18-,19+,20+,21-/m1/s1. The minimum Gasteiger partial charge on any atom is -0.393 e. The molecular formula is C21H34O2. The van der Waals surface area contributed by atoms with Gasteiger partial charge in [-0.1, -0.05) is 13.8 Å². The summed E-state index contributed by atoms with van der Waals surface area (Å²) in [4.78, 5) is 12.2.